The van der Waals surface area contributed by atoms with Gasteiger partial charge in [0.15, 0.2) is 0 Å². The van der Waals surface area contributed by atoms with Gasteiger partial charge >= 0.3 is 0 Å². The fraction of sp³-hybridized carbons (Fsp3) is 0.929. The number of nitrogens with one attached hydrogen (secondary N) is 1. The first-order valence-corrected chi connectivity index (χ1v) is 7.37. The van der Waals surface area contributed by atoms with Crippen LogP contribution in [0.2, 0.25) is 0 Å². The first-order chi connectivity index (χ1) is 8.70. The number of hydrogen-bond acceptors (Lipinski definition) is 3. The molecule has 2 rings (SSSR count). The van der Waals surface area contributed by atoms with Gasteiger partial charge in [0.25, 0.3) is 0 Å². The molecule has 0 radical (unpaired) electrons. The number of rotatable bonds is 2. The van der Waals surface area contributed by atoms with Crippen LogP contribution in [0, 0.1) is 0 Å². The molecule has 0 atom stereocenters. The zero-order valence-electron chi connectivity index (χ0n) is 11.8. The Bertz CT molecular complexity index is 274. The van der Waals surface area contributed by atoms with E-state index in [0.717, 1.165) is 38.1 Å². The molecule has 2 fully saturated rings. The summed E-state index contributed by atoms with van der Waals surface area (Å²) in [5, 5.41) is 3.39. The van der Waals surface area contributed by atoms with Gasteiger partial charge in [-0.3, -0.25) is 9.69 Å². The topological polar surface area (TPSA) is 35.6 Å². The lowest BCUT2D eigenvalue weighted by Crippen LogP contribution is -2.43. The third-order valence-corrected chi connectivity index (χ3v) is 4.60. The van der Waals surface area contributed by atoms with Crippen LogP contribution in [0.15, 0.2) is 0 Å². The van der Waals surface area contributed by atoms with E-state index in [0.29, 0.717) is 0 Å². The molecule has 0 bridgehead atoms. The van der Waals surface area contributed by atoms with Crippen LogP contribution in [0.4, 0.5) is 0 Å². The molecule has 1 aliphatic carbocycles. The van der Waals surface area contributed by atoms with Crippen LogP contribution < -0.4 is 5.32 Å². The van der Waals surface area contributed by atoms with E-state index in [2.05, 4.69) is 17.3 Å². The Morgan fingerprint density at radius 2 is 1.78 bits per heavy atom. The van der Waals surface area contributed by atoms with Crippen LogP contribution in [-0.4, -0.2) is 61.0 Å². The van der Waals surface area contributed by atoms with Gasteiger partial charge in [-0.25, -0.2) is 0 Å². The number of nitrogens with zero attached hydrogens (tertiary/aromatic N) is 2. The standard InChI is InChI=1S/C14H27N3O/c1-12(18)16-8-3-9-17(11-10-16)14-6-4-13(15-2)5-7-14/h13-15H,3-11H2,1-2H3. The second-order valence-electron chi connectivity index (χ2n) is 5.69. The maximum atomic E-state index is 11.4. The Morgan fingerprint density at radius 1 is 1.06 bits per heavy atom. The Morgan fingerprint density at radius 3 is 2.39 bits per heavy atom. The maximum absolute atomic E-state index is 11.4. The van der Waals surface area contributed by atoms with Crippen molar-refractivity contribution in [2.45, 2.75) is 51.1 Å². The third-order valence-electron chi connectivity index (χ3n) is 4.60. The van der Waals surface area contributed by atoms with Crippen LogP contribution in [0.5, 0.6) is 0 Å². The summed E-state index contributed by atoms with van der Waals surface area (Å²) < 4.78 is 0. The van der Waals surface area contributed by atoms with Crippen molar-refractivity contribution < 1.29 is 4.79 Å². The van der Waals surface area contributed by atoms with E-state index in [1.807, 2.05) is 4.90 Å². The third kappa shape index (κ3) is 3.45. The van der Waals surface area contributed by atoms with Crippen LogP contribution in [-0.2, 0) is 4.79 Å². The van der Waals surface area contributed by atoms with Crippen LogP contribution in [0.3, 0.4) is 0 Å². The molecule has 1 saturated heterocycles. The van der Waals surface area contributed by atoms with E-state index in [1.54, 1.807) is 6.92 Å². The zero-order valence-corrected chi connectivity index (χ0v) is 11.8. The van der Waals surface area contributed by atoms with Gasteiger partial charge in [-0.1, -0.05) is 0 Å². The molecule has 0 unspecified atom stereocenters. The van der Waals surface area contributed by atoms with Gasteiger partial charge in [0.05, 0.1) is 0 Å². The molecule has 0 aromatic carbocycles. The molecular formula is C14H27N3O. The molecule has 1 aliphatic heterocycles. The fourth-order valence-corrected chi connectivity index (χ4v) is 3.35. The molecule has 104 valence electrons. The molecule has 0 spiro atoms. The fourth-order valence-electron chi connectivity index (χ4n) is 3.35. The van der Waals surface area contributed by atoms with Crippen molar-refractivity contribution in [1.82, 2.24) is 15.1 Å². The van der Waals surface area contributed by atoms with Crippen LogP contribution in [0.1, 0.15) is 39.0 Å². The van der Waals surface area contributed by atoms with E-state index in [1.165, 1.54) is 32.2 Å². The highest BCUT2D eigenvalue weighted by atomic mass is 16.2. The summed E-state index contributed by atoms with van der Waals surface area (Å²) in [5.41, 5.74) is 0. The largest absolute Gasteiger partial charge is 0.342 e. The second-order valence-corrected chi connectivity index (χ2v) is 5.69. The van der Waals surface area contributed by atoms with Crippen molar-refractivity contribution in [3.63, 3.8) is 0 Å². The van der Waals surface area contributed by atoms with Gasteiger partial charge in [-0.05, 0) is 39.2 Å². The van der Waals surface area contributed by atoms with Gasteiger partial charge in [-0.2, -0.15) is 0 Å². The average Bonchev–Trinajstić information content (AvgIpc) is 2.64. The lowest BCUT2D eigenvalue weighted by atomic mass is 9.90. The predicted octanol–water partition coefficient (Wildman–Crippen LogP) is 1.07. The minimum absolute atomic E-state index is 0.232. The molecule has 1 N–H and O–H groups in total. The van der Waals surface area contributed by atoms with Crippen LogP contribution in [0.25, 0.3) is 0 Å². The average molecular weight is 253 g/mol. The smallest absolute Gasteiger partial charge is 0.219 e. The number of carbonyl (C=O) groups is 1. The van der Waals surface area contributed by atoms with Gasteiger partial charge in [0.1, 0.15) is 0 Å². The van der Waals surface area contributed by atoms with Gasteiger partial charge < -0.3 is 10.2 Å². The quantitative estimate of drug-likeness (QED) is 0.799. The second kappa shape index (κ2) is 6.53. The van der Waals surface area contributed by atoms with Crippen molar-refractivity contribution >= 4 is 5.91 Å². The molecule has 0 aromatic heterocycles. The van der Waals surface area contributed by atoms with Crippen LogP contribution >= 0.6 is 0 Å². The summed E-state index contributed by atoms with van der Waals surface area (Å²) in [5.74, 6) is 0.232. The van der Waals surface area contributed by atoms with E-state index in [4.69, 9.17) is 0 Å². The summed E-state index contributed by atoms with van der Waals surface area (Å²) in [7, 11) is 2.07. The molecule has 2 aliphatic rings. The monoisotopic (exact) mass is 253 g/mol. The summed E-state index contributed by atoms with van der Waals surface area (Å²) in [6.45, 7) is 5.78. The summed E-state index contributed by atoms with van der Waals surface area (Å²) in [6.07, 6.45) is 6.35. The molecule has 1 heterocycles. The van der Waals surface area contributed by atoms with Crippen molar-refractivity contribution in [2.24, 2.45) is 0 Å². The first kappa shape index (κ1) is 13.8. The molecule has 1 amide bonds. The molecule has 1 saturated carbocycles. The lowest BCUT2D eigenvalue weighted by Gasteiger charge is -2.36. The maximum Gasteiger partial charge on any atom is 0.219 e. The minimum Gasteiger partial charge on any atom is -0.342 e. The number of amides is 1. The molecular weight excluding hydrogens is 226 g/mol. The van der Waals surface area contributed by atoms with E-state index in [-0.39, 0.29) is 5.91 Å². The molecule has 18 heavy (non-hydrogen) atoms. The van der Waals surface area contributed by atoms with Crippen molar-refractivity contribution in [1.29, 1.82) is 0 Å². The molecule has 4 heteroatoms. The van der Waals surface area contributed by atoms with E-state index < -0.39 is 0 Å². The minimum atomic E-state index is 0.232. The Kier molecular flexibility index (Phi) is 5.01. The lowest BCUT2D eigenvalue weighted by molar-refractivity contribution is -0.128. The van der Waals surface area contributed by atoms with Crippen molar-refractivity contribution in [3.05, 3.63) is 0 Å². The highest BCUT2D eigenvalue weighted by molar-refractivity contribution is 5.73. The normalized spacial score (nSPS) is 31.1. The Balaban J connectivity index is 1.81. The van der Waals surface area contributed by atoms with Crippen molar-refractivity contribution in [3.8, 4) is 0 Å². The van der Waals surface area contributed by atoms with E-state index >= 15 is 0 Å². The Labute approximate surface area is 111 Å². The van der Waals surface area contributed by atoms with Gasteiger partial charge in [0, 0.05) is 45.2 Å². The number of hydrogen-bond donors (Lipinski definition) is 1. The molecule has 0 aromatic rings. The number of carbonyl (C=O) groups excluding carboxylic acids is 1. The molecule has 4 nitrogen and oxygen atoms in total. The van der Waals surface area contributed by atoms with Crippen molar-refractivity contribution in [2.75, 3.05) is 33.2 Å². The Hall–Kier alpha value is -0.610. The summed E-state index contributed by atoms with van der Waals surface area (Å²) in [6, 6.07) is 1.48. The van der Waals surface area contributed by atoms with Gasteiger partial charge in [0.2, 0.25) is 5.91 Å². The highest BCUT2D eigenvalue weighted by Crippen LogP contribution is 2.24. The SMILES string of the molecule is CNC1CCC(N2CCCN(C(C)=O)CC2)CC1. The summed E-state index contributed by atoms with van der Waals surface area (Å²) >= 11 is 0. The zero-order chi connectivity index (χ0) is 13.0. The summed E-state index contributed by atoms with van der Waals surface area (Å²) in [4.78, 5) is 16.0. The van der Waals surface area contributed by atoms with Gasteiger partial charge in [-0.15, -0.1) is 0 Å². The predicted molar refractivity (Wildman–Crippen MR) is 73.5 cm³/mol. The first-order valence-electron chi connectivity index (χ1n) is 7.37. The highest BCUT2D eigenvalue weighted by Gasteiger charge is 2.26. The van der Waals surface area contributed by atoms with E-state index in [9.17, 15) is 4.79 Å².